The lowest BCUT2D eigenvalue weighted by Gasteiger charge is -2.27. The van der Waals surface area contributed by atoms with Gasteiger partial charge in [-0.25, -0.2) is 19.9 Å². The van der Waals surface area contributed by atoms with Gasteiger partial charge in [0.25, 0.3) is 0 Å². The number of hydrogen-bond donors (Lipinski definition) is 0. The number of benzene rings is 12. The number of nitrogens with zero attached hydrogens (tertiary/aromatic N) is 8. The summed E-state index contributed by atoms with van der Waals surface area (Å²) in [7, 11) is 0. The Morgan fingerprint density at radius 3 is 0.860 bits per heavy atom. The van der Waals surface area contributed by atoms with Gasteiger partial charge in [-0.3, -0.25) is 9.13 Å². The zero-order chi connectivity index (χ0) is 56.4. The Labute approximate surface area is 493 Å². The van der Waals surface area contributed by atoms with Crippen molar-refractivity contribution in [3.63, 3.8) is 0 Å². The second-order valence-electron chi connectivity index (χ2n) is 22.1. The van der Waals surface area contributed by atoms with Crippen molar-refractivity contribution >= 4 is 98.0 Å². The van der Waals surface area contributed by atoms with E-state index in [9.17, 15) is 0 Å². The number of aromatic nitrogens is 8. The van der Waals surface area contributed by atoms with Crippen LogP contribution < -0.4 is 0 Å². The summed E-state index contributed by atoms with van der Waals surface area (Å²) in [6.07, 6.45) is 0. The Balaban J connectivity index is 1.03. The summed E-state index contributed by atoms with van der Waals surface area (Å²) in [4.78, 5) is 22.2. The van der Waals surface area contributed by atoms with Gasteiger partial charge < -0.3 is 9.13 Å². The van der Waals surface area contributed by atoms with Crippen LogP contribution in [0.2, 0.25) is 0 Å². The van der Waals surface area contributed by atoms with E-state index in [-0.39, 0.29) is 0 Å². The SMILES string of the molecule is c1ccc(-c2nc(-c3ccc(-c4c(-n5c6ccccc6c6ccccc65)c(-n5c6ccccc6c6ccccc65)nc(-n5c6ccccc6c6ccccc65)c4-n4c5ccccc5c5ccccc54)cc3)nc(-c3ccc4ccccc4c3)n2)cc1. The molecule has 0 spiro atoms. The average molecular weight is 1100 g/mol. The van der Waals surface area contributed by atoms with E-state index in [0.717, 1.165) is 149 Å². The summed E-state index contributed by atoms with van der Waals surface area (Å²) in [5.74, 6) is 3.34. The summed E-state index contributed by atoms with van der Waals surface area (Å²) < 4.78 is 9.80. The van der Waals surface area contributed by atoms with E-state index in [4.69, 9.17) is 19.9 Å². The minimum atomic E-state index is 0.575. The van der Waals surface area contributed by atoms with Crippen molar-refractivity contribution in [2.75, 3.05) is 0 Å². The molecule has 0 bridgehead atoms. The lowest BCUT2D eigenvalue weighted by atomic mass is 9.98. The summed E-state index contributed by atoms with van der Waals surface area (Å²) >= 11 is 0. The quantitative estimate of drug-likeness (QED) is 0.152. The third-order valence-electron chi connectivity index (χ3n) is 17.4. The van der Waals surface area contributed by atoms with Gasteiger partial charge in [-0.2, -0.15) is 0 Å². The molecular formula is C78H48N8. The van der Waals surface area contributed by atoms with Crippen LogP contribution >= 0.6 is 0 Å². The molecular weight excluding hydrogens is 1050 g/mol. The van der Waals surface area contributed by atoms with Crippen molar-refractivity contribution in [3.8, 4) is 68.3 Å². The molecule has 0 atom stereocenters. The molecule has 12 aromatic carbocycles. The lowest BCUT2D eigenvalue weighted by molar-refractivity contribution is 0.961. The number of fused-ring (bicyclic) bond motifs is 13. The summed E-state index contributed by atoms with van der Waals surface area (Å²) in [6.45, 7) is 0. The van der Waals surface area contributed by atoms with E-state index >= 15 is 0 Å². The van der Waals surface area contributed by atoms with Crippen LogP contribution in [0.5, 0.6) is 0 Å². The van der Waals surface area contributed by atoms with E-state index in [1.165, 1.54) is 0 Å². The predicted octanol–water partition coefficient (Wildman–Crippen LogP) is 19.5. The molecule has 0 aliphatic heterocycles. The van der Waals surface area contributed by atoms with Crippen molar-refractivity contribution in [1.82, 2.24) is 38.2 Å². The topological polar surface area (TPSA) is 71.3 Å². The van der Waals surface area contributed by atoms with Crippen LogP contribution in [-0.4, -0.2) is 38.2 Å². The van der Waals surface area contributed by atoms with Crippen LogP contribution in [0, 0.1) is 0 Å². The lowest BCUT2D eigenvalue weighted by Crippen LogP contribution is -2.16. The monoisotopic (exact) mass is 1100 g/mol. The fourth-order valence-corrected chi connectivity index (χ4v) is 13.6. The van der Waals surface area contributed by atoms with E-state index in [2.05, 4.69) is 291 Å². The smallest absolute Gasteiger partial charge is 0.165 e. The summed E-state index contributed by atoms with van der Waals surface area (Å²) in [6, 6.07) is 104. The van der Waals surface area contributed by atoms with Crippen LogP contribution in [0.15, 0.2) is 291 Å². The van der Waals surface area contributed by atoms with Crippen molar-refractivity contribution in [3.05, 3.63) is 291 Å². The fourth-order valence-electron chi connectivity index (χ4n) is 13.6. The zero-order valence-electron chi connectivity index (χ0n) is 46.3. The molecule has 6 aromatic heterocycles. The minimum absolute atomic E-state index is 0.575. The van der Waals surface area contributed by atoms with Crippen LogP contribution in [0.1, 0.15) is 0 Å². The zero-order valence-corrected chi connectivity index (χ0v) is 46.3. The van der Waals surface area contributed by atoms with Gasteiger partial charge in [-0.1, -0.05) is 237 Å². The highest BCUT2D eigenvalue weighted by atomic mass is 15.2. The normalized spacial score (nSPS) is 12.0. The molecule has 0 aliphatic rings. The molecule has 0 N–H and O–H groups in total. The maximum Gasteiger partial charge on any atom is 0.165 e. The summed E-state index contributed by atoms with van der Waals surface area (Å²) in [5.41, 5.74) is 14.9. The minimum Gasteiger partial charge on any atom is -0.305 e. The molecule has 0 amide bonds. The second-order valence-corrected chi connectivity index (χ2v) is 22.1. The highest BCUT2D eigenvalue weighted by Crippen LogP contribution is 2.49. The van der Waals surface area contributed by atoms with Gasteiger partial charge in [-0.15, -0.1) is 0 Å². The van der Waals surface area contributed by atoms with Gasteiger partial charge >= 0.3 is 0 Å². The van der Waals surface area contributed by atoms with E-state index in [0.29, 0.717) is 17.5 Å². The molecule has 8 heteroatoms. The Kier molecular flexibility index (Phi) is 10.5. The first kappa shape index (κ1) is 47.9. The predicted molar refractivity (Wildman–Crippen MR) is 354 cm³/mol. The van der Waals surface area contributed by atoms with Crippen molar-refractivity contribution in [2.24, 2.45) is 0 Å². The van der Waals surface area contributed by atoms with Gasteiger partial charge in [0, 0.05) is 65.3 Å². The van der Waals surface area contributed by atoms with Gasteiger partial charge in [0.1, 0.15) is 11.4 Å². The molecule has 0 aliphatic carbocycles. The van der Waals surface area contributed by atoms with Crippen molar-refractivity contribution in [2.45, 2.75) is 0 Å². The molecule has 86 heavy (non-hydrogen) atoms. The average Bonchev–Trinajstić information content (AvgIpc) is 1.73. The molecule has 18 aromatic rings. The first-order valence-electron chi connectivity index (χ1n) is 29.1. The van der Waals surface area contributed by atoms with Crippen molar-refractivity contribution in [1.29, 1.82) is 0 Å². The van der Waals surface area contributed by atoms with Gasteiger partial charge in [0.15, 0.2) is 29.1 Å². The number of para-hydroxylation sites is 8. The fraction of sp³-hybridized carbons (Fsp3) is 0. The van der Waals surface area contributed by atoms with Crippen LogP contribution in [0.4, 0.5) is 0 Å². The highest BCUT2D eigenvalue weighted by molar-refractivity contribution is 6.16. The number of hydrogen-bond acceptors (Lipinski definition) is 4. The van der Waals surface area contributed by atoms with E-state index in [1.54, 1.807) is 0 Å². The maximum atomic E-state index is 6.40. The first-order chi connectivity index (χ1) is 42.7. The Hall–Kier alpha value is -11.7. The molecule has 0 fully saturated rings. The Morgan fingerprint density at radius 1 is 0.198 bits per heavy atom. The number of rotatable bonds is 8. The van der Waals surface area contributed by atoms with Gasteiger partial charge in [0.2, 0.25) is 0 Å². The molecule has 0 saturated heterocycles. The standard InChI is InChI=1S/C78H48N8/c1-2-23-51(24-3-1)74-79-75(81-76(80-74)54-47-42-49-22-4-5-25-53(49)48-54)52-45-43-50(44-46-52)71-72(83-63-34-14-6-26-55(63)56-27-7-15-35-64(56)83)77(85-67-38-18-10-30-59(67)60-31-11-19-39-68(60)85)82-78(86-69-40-20-12-32-61(69)62-33-13-21-41-70(62)86)73(71)84-65-36-16-8-28-57(65)58-29-9-17-37-66(58)84/h1-48H. The third-order valence-corrected chi connectivity index (χ3v) is 17.4. The number of pyridine rings is 1. The van der Waals surface area contributed by atoms with E-state index in [1.807, 2.05) is 18.2 Å². The molecule has 8 nitrogen and oxygen atoms in total. The molecule has 400 valence electrons. The van der Waals surface area contributed by atoms with Gasteiger partial charge in [-0.05, 0) is 70.9 Å². The Bertz CT molecular complexity index is 5320. The van der Waals surface area contributed by atoms with Crippen LogP contribution in [-0.2, 0) is 0 Å². The van der Waals surface area contributed by atoms with Gasteiger partial charge in [0.05, 0.1) is 44.1 Å². The molecule has 6 heterocycles. The maximum absolute atomic E-state index is 6.40. The summed E-state index contributed by atoms with van der Waals surface area (Å²) in [5, 5.41) is 11.4. The Morgan fingerprint density at radius 2 is 0.477 bits per heavy atom. The van der Waals surface area contributed by atoms with Crippen LogP contribution in [0.25, 0.3) is 166 Å². The van der Waals surface area contributed by atoms with Crippen molar-refractivity contribution < 1.29 is 0 Å². The first-order valence-corrected chi connectivity index (χ1v) is 29.1. The largest absolute Gasteiger partial charge is 0.305 e. The highest BCUT2D eigenvalue weighted by Gasteiger charge is 2.32. The second kappa shape index (κ2) is 18.9. The molecule has 0 radical (unpaired) electrons. The third kappa shape index (κ3) is 7.17. The molecule has 0 saturated carbocycles. The molecule has 0 unspecified atom stereocenters. The van der Waals surface area contributed by atoms with E-state index < -0.39 is 0 Å². The molecule has 18 rings (SSSR count). The van der Waals surface area contributed by atoms with Crippen LogP contribution in [0.3, 0.4) is 0 Å².